The first-order valence-electron chi connectivity index (χ1n) is 9.32. The topological polar surface area (TPSA) is 82.5 Å². The van der Waals surface area contributed by atoms with Crippen LogP contribution in [0.4, 0.5) is 0 Å². The smallest absolute Gasteiger partial charge is 0.242 e. The Morgan fingerprint density at radius 1 is 1.36 bits per heavy atom. The van der Waals surface area contributed by atoms with E-state index in [2.05, 4.69) is 10.4 Å². The quantitative estimate of drug-likeness (QED) is 0.800. The van der Waals surface area contributed by atoms with Gasteiger partial charge in [-0.3, -0.25) is 14.3 Å². The second-order valence-corrected chi connectivity index (χ2v) is 7.85. The summed E-state index contributed by atoms with van der Waals surface area (Å²) in [5.41, 5.74) is 2.41. The van der Waals surface area contributed by atoms with Crippen molar-refractivity contribution in [1.82, 2.24) is 15.1 Å². The number of aromatic nitrogens is 2. The third kappa shape index (κ3) is 3.88. The van der Waals surface area contributed by atoms with E-state index in [-0.39, 0.29) is 24.3 Å². The minimum atomic E-state index is -0.403. The van der Waals surface area contributed by atoms with Crippen LogP contribution in [0.3, 0.4) is 0 Å². The second-order valence-electron chi connectivity index (χ2n) is 7.85. The number of ether oxygens (including phenoxy) is 2. The maximum Gasteiger partial charge on any atom is 0.242 e. The molecule has 7 nitrogen and oxygen atoms in total. The molecule has 1 unspecified atom stereocenters. The first-order valence-corrected chi connectivity index (χ1v) is 9.32. The van der Waals surface area contributed by atoms with E-state index in [4.69, 9.17) is 9.47 Å². The fraction of sp³-hybridized carbons (Fsp3) is 0.476. The average Bonchev–Trinajstić information content (AvgIpc) is 2.87. The molecule has 0 aliphatic carbocycles. The number of rotatable bonds is 5. The SMILES string of the molecule is COc1ccc2c(c1)C(NC(=O)Cn1nc(C)c(C(C)=O)c1C)CC(C)(C)O2. The molecule has 1 aliphatic rings. The fourth-order valence-corrected chi connectivity index (χ4v) is 3.82. The molecule has 1 aromatic carbocycles. The maximum absolute atomic E-state index is 12.8. The van der Waals surface area contributed by atoms with E-state index >= 15 is 0 Å². The van der Waals surface area contributed by atoms with Gasteiger partial charge < -0.3 is 14.8 Å². The van der Waals surface area contributed by atoms with E-state index in [0.717, 1.165) is 11.3 Å². The number of nitrogens with zero attached hydrogens (tertiary/aromatic N) is 2. The molecule has 7 heteroatoms. The molecule has 0 saturated carbocycles. The fourth-order valence-electron chi connectivity index (χ4n) is 3.82. The van der Waals surface area contributed by atoms with Gasteiger partial charge >= 0.3 is 0 Å². The van der Waals surface area contributed by atoms with Gasteiger partial charge in [-0.25, -0.2) is 0 Å². The third-order valence-electron chi connectivity index (χ3n) is 5.04. The average molecular weight is 385 g/mol. The predicted octanol–water partition coefficient (Wildman–Crippen LogP) is 3.13. The van der Waals surface area contributed by atoms with Crippen LogP contribution in [0, 0.1) is 13.8 Å². The van der Waals surface area contributed by atoms with Gasteiger partial charge in [0.1, 0.15) is 23.6 Å². The highest BCUT2D eigenvalue weighted by Gasteiger charge is 2.35. The van der Waals surface area contributed by atoms with E-state index < -0.39 is 5.60 Å². The number of benzene rings is 1. The van der Waals surface area contributed by atoms with Crippen molar-refractivity contribution in [1.29, 1.82) is 0 Å². The van der Waals surface area contributed by atoms with Crippen molar-refractivity contribution in [3.63, 3.8) is 0 Å². The monoisotopic (exact) mass is 385 g/mol. The summed E-state index contributed by atoms with van der Waals surface area (Å²) < 4.78 is 13.0. The number of aryl methyl sites for hydroxylation is 1. The summed E-state index contributed by atoms with van der Waals surface area (Å²) in [6.45, 7) is 9.15. The standard InChI is InChI=1S/C21H27N3O4/c1-12-20(14(3)25)13(2)24(23-12)11-19(26)22-17-10-21(4,5)28-18-8-7-15(27-6)9-16(17)18/h7-9,17H,10-11H2,1-6H3,(H,22,26). The molecule has 0 fully saturated rings. The van der Waals surface area contributed by atoms with E-state index in [9.17, 15) is 9.59 Å². The molecule has 1 aliphatic heterocycles. The highest BCUT2D eigenvalue weighted by Crippen LogP contribution is 2.41. The number of hydrogen-bond acceptors (Lipinski definition) is 5. The zero-order chi connectivity index (χ0) is 20.6. The molecule has 2 heterocycles. The molecule has 1 atom stereocenters. The molecular weight excluding hydrogens is 358 g/mol. The van der Waals surface area contributed by atoms with Crippen LogP contribution in [0.15, 0.2) is 18.2 Å². The minimum absolute atomic E-state index is 0.0474. The Bertz CT molecular complexity index is 930. The number of nitrogens with one attached hydrogen (secondary N) is 1. The molecular formula is C21H27N3O4. The van der Waals surface area contributed by atoms with Crippen LogP contribution in [0.1, 0.15) is 60.5 Å². The molecule has 3 rings (SSSR count). The predicted molar refractivity (Wildman–Crippen MR) is 105 cm³/mol. The number of ketones is 1. The molecule has 2 aromatic rings. The van der Waals surface area contributed by atoms with Gasteiger partial charge in [0.2, 0.25) is 5.91 Å². The summed E-state index contributed by atoms with van der Waals surface area (Å²) in [6, 6.07) is 5.41. The first-order chi connectivity index (χ1) is 13.1. The Balaban J connectivity index is 1.83. The maximum atomic E-state index is 12.8. The largest absolute Gasteiger partial charge is 0.497 e. The molecule has 0 radical (unpaired) electrons. The van der Waals surface area contributed by atoms with Gasteiger partial charge in [-0.2, -0.15) is 5.10 Å². The number of amides is 1. The zero-order valence-corrected chi connectivity index (χ0v) is 17.3. The molecule has 0 saturated heterocycles. The van der Waals surface area contributed by atoms with Crippen LogP contribution in [0.2, 0.25) is 0 Å². The van der Waals surface area contributed by atoms with E-state index in [1.165, 1.54) is 6.92 Å². The van der Waals surface area contributed by atoms with Crippen LogP contribution in [-0.2, 0) is 11.3 Å². The molecule has 150 valence electrons. The number of carbonyl (C=O) groups excluding carboxylic acids is 2. The van der Waals surface area contributed by atoms with Crippen LogP contribution in [0.5, 0.6) is 11.5 Å². The van der Waals surface area contributed by atoms with Crippen molar-refractivity contribution in [2.45, 2.75) is 59.2 Å². The lowest BCUT2D eigenvalue weighted by molar-refractivity contribution is -0.123. The third-order valence-corrected chi connectivity index (χ3v) is 5.04. The van der Waals surface area contributed by atoms with Crippen LogP contribution in [0.25, 0.3) is 0 Å². The summed E-state index contributed by atoms with van der Waals surface area (Å²) in [4.78, 5) is 24.6. The molecule has 1 aromatic heterocycles. The minimum Gasteiger partial charge on any atom is -0.497 e. The van der Waals surface area contributed by atoms with Crippen molar-refractivity contribution in [3.8, 4) is 11.5 Å². The van der Waals surface area contributed by atoms with E-state index in [0.29, 0.717) is 29.1 Å². The highest BCUT2D eigenvalue weighted by atomic mass is 16.5. The van der Waals surface area contributed by atoms with Gasteiger partial charge in [0.25, 0.3) is 0 Å². The number of fused-ring (bicyclic) bond motifs is 1. The molecule has 1 amide bonds. The van der Waals surface area contributed by atoms with Crippen molar-refractivity contribution in [2.75, 3.05) is 7.11 Å². The molecule has 1 N–H and O–H groups in total. The van der Waals surface area contributed by atoms with Crippen LogP contribution < -0.4 is 14.8 Å². The Morgan fingerprint density at radius 3 is 2.68 bits per heavy atom. The van der Waals surface area contributed by atoms with Crippen molar-refractivity contribution in [2.24, 2.45) is 0 Å². The normalized spacial score (nSPS) is 17.4. The summed E-state index contributed by atoms with van der Waals surface area (Å²) in [6.07, 6.45) is 0.634. The van der Waals surface area contributed by atoms with E-state index in [1.807, 2.05) is 39.0 Å². The summed E-state index contributed by atoms with van der Waals surface area (Å²) in [7, 11) is 1.61. The van der Waals surface area contributed by atoms with Gasteiger partial charge in [0.15, 0.2) is 5.78 Å². The summed E-state index contributed by atoms with van der Waals surface area (Å²) in [5.74, 6) is 1.24. The number of Topliss-reactive ketones (excluding diaryl/α,β-unsaturated/α-hetero) is 1. The molecule has 28 heavy (non-hydrogen) atoms. The second kappa shape index (κ2) is 7.30. The summed E-state index contributed by atoms with van der Waals surface area (Å²) >= 11 is 0. The lowest BCUT2D eigenvalue weighted by atomic mass is 9.89. The summed E-state index contributed by atoms with van der Waals surface area (Å²) in [5, 5.41) is 7.45. The number of hydrogen-bond donors (Lipinski definition) is 1. The lowest BCUT2D eigenvalue weighted by Gasteiger charge is -2.38. The molecule has 0 bridgehead atoms. The van der Waals surface area contributed by atoms with Gasteiger partial charge in [0.05, 0.1) is 24.4 Å². The van der Waals surface area contributed by atoms with Gasteiger partial charge in [-0.05, 0) is 52.8 Å². The van der Waals surface area contributed by atoms with Crippen LogP contribution in [-0.4, -0.2) is 34.2 Å². The van der Waals surface area contributed by atoms with Gasteiger partial charge in [-0.15, -0.1) is 0 Å². The molecule has 0 spiro atoms. The van der Waals surface area contributed by atoms with Crippen molar-refractivity contribution < 1.29 is 19.1 Å². The van der Waals surface area contributed by atoms with E-state index in [1.54, 1.807) is 18.7 Å². The number of carbonyl (C=O) groups is 2. The lowest BCUT2D eigenvalue weighted by Crippen LogP contribution is -2.42. The highest BCUT2D eigenvalue weighted by molar-refractivity contribution is 5.96. The first kappa shape index (κ1) is 19.9. The van der Waals surface area contributed by atoms with Crippen molar-refractivity contribution >= 4 is 11.7 Å². The van der Waals surface area contributed by atoms with Crippen LogP contribution >= 0.6 is 0 Å². The van der Waals surface area contributed by atoms with Gasteiger partial charge in [0, 0.05) is 17.7 Å². The van der Waals surface area contributed by atoms with Crippen molar-refractivity contribution in [3.05, 3.63) is 40.7 Å². The Morgan fingerprint density at radius 2 is 2.07 bits per heavy atom. The Kier molecular flexibility index (Phi) is 5.19. The Labute approximate surface area is 165 Å². The number of methoxy groups -OCH3 is 1. The zero-order valence-electron chi connectivity index (χ0n) is 17.3. The Hall–Kier alpha value is -2.83. The van der Waals surface area contributed by atoms with Gasteiger partial charge in [-0.1, -0.05) is 0 Å².